The second kappa shape index (κ2) is 6.04. The van der Waals surface area contributed by atoms with Crippen LogP contribution in [0, 0.1) is 5.92 Å². The molecule has 0 aliphatic carbocycles. The second-order valence-corrected chi connectivity index (χ2v) is 5.42. The Morgan fingerprint density at radius 1 is 1.67 bits per heavy atom. The fraction of sp³-hybridized carbons (Fsp3) is 0.583. The van der Waals surface area contributed by atoms with Crippen molar-refractivity contribution in [2.24, 2.45) is 5.92 Å². The molecule has 0 bridgehead atoms. The molecule has 5 nitrogen and oxygen atoms in total. The van der Waals surface area contributed by atoms with E-state index in [1.165, 1.54) is 12.5 Å². The van der Waals surface area contributed by atoms with Gasteiger partial charge in [0.15, 0.2) is 0 Å². The molecule has 6 heteroatoms. The summed E-state index contributed by atoms with van der Waals surface area (Å²) in [5, 5.41) is 0. The maximum Gasteiger partial charge on any atom is 0.263 e. The van der Waals surface area contributed by atoms with Gasteiger partial charge < -0.3 is 9.88 Å². The molecule has 1 unspecified atom stereocenters. The van der Waals surface area contributed by atoms with Crippen molar-refractivity contribution in [3.63, 3.8) is 0 Å². The van der Waals surface area contributed by atoms with Crippen LogP contribution in [0.2, 0.25) is 0 Å². The molecule has 1 aromatic rings. The van der Waals surface area contributed by atoms with Crippen molar-refractivity contribution in [3.8, 4) is 0 Å². The summed E-state index contributed by atoms with van der Waals surface area (Å²) >= 11 is 1.80. The molecule has 2 rings (SSSR count). The molecule has 0 saturated carbocycles. The van der Waals surface area contributed by atoms with Crippen molar-refractivity contribution in [3.05, 3.63) is 28.4 Å². The van der Waals surface area contributed by atoms with Gasteiger partial charge in [0.1, 0.15) is 5.56 Å². The van der Waals surface area contributed by atoms with Gasteiger partial charge >= 0.3 is 0 Å². The van der Waals surface area contributed by atoms with Crippen LogP contribution in [0.4, 0.5) is 0 Å². The highest BCUT2D eigenvalue weighted by atomic mass is 32.2. The quantitative estimate of drug-likeness (QED) is 0.886. The fourth-order valence-electron chi connectivity index (χ4n) is 2.29. The Morgan fingerprint density at radius 3 is 3.22 bits per heavy atom. The summed E-state index contributed by atoms with van der Waals surface area (Å²) in [6, 6.07) is 0. The predicted octanol–water partition coefficient (Wildman–Crippen LogP) is 0.985. The van der Waals surface area contributed by atoms with Gasteiger partial charge in [-0.15, -0.1) is 0 Å². The van der Waals surface area contributed by atoms with E-state index in [2.05, 4.69) is 16.2 Å². The summed E-state index contributed by atoms with van der Waals surface area (Å²) in [5.74, 6) is 1.40. The highest BCUT2D eigenvalue weighted by molar-refractivity contribution is 7.98. The molecule has 0 aromatic carbocycles. The number of aromatic nitrogens is 2. The average Bonchev–Trinajstić information content (AvgIpc) is 2.39. The van der Waals surface area contributed by atoms with E-state index in [1.807, 2.05) is 0 Å². The number of hydrogen-bond donors (Lipinski definition) is 1. The zero-order valence-electron chi connectivity index (χ0n) is 10.4. The molecule has 1 fully saturated rings. The molecule has 18 heavy (non-hydrogen) atoms. The molecule has 1 aromatic heterocycles. The van der Waals surface area contributed by atoms with Gasteiger partial charge in [0.05, 0.1) is 6.33 Å². The first-order valence-corrected chi connectivity index (χ1v) is 7.42. The third-order valence-electron chi connectivity index (χ3n) is 3.16. The van der Waals surface area contributed by atoms with Crippen LogP contribution in [-0.4, -0.2) is 45.9 Å². The first kappa shape index (κ1) is 13.1. The van der Waals surface area contributed by atoms with Crippen molar-refractivity contribution in [2.45, 2.75) is 12.8 Å². The fourth-order valence-corrected chi connectivity index (χ4v) is 3.03. The normalized spacial score (nSPS) is 19.8. The minimum Gasteiger partial charge on any atom is -0.338 e. The molecule has 2 heterocycles. The smallest absolute Gasteiger partial charge is 0.263 e. The SMILES string of the molecule is CSCC1CCCN(C(=O)c2cnc[nH]c2=O)C1. The van der Waals surface area contributed by atoms with E-state index in [1.54, 1.807) is 16.7 Å². The Balaban J connectivity index is 2.09. The first-order valence-electron chi connectivity index (χ1n) is 6.03. The average molecular weight is 267 g/mol. The number of rotatable bonds is 3. The van der Waals surface area contributed by atoms with Gasteiger partial charge in [0, 0.05) is 19.3 Å². The number of piperidine rings is 1. The molecule has 1 N–H and O–H groups in total. The van der Waals surface area contributed by atoms with Crippen molar-refractivity contribution in [1.82, 2.24) is 14.9 Å². The van der Waals surface area contributed by atoms with Crippen molar-refractivity contribution < 1.29 is 4.79 Å². The summed E-state index contributed by atoms with van der Waals surface area (Å²) in [7, 11) is 0. The van der Waals surface area contributed by atoms with Crippen molar-refractivity contribution >= 4 is 17.7 Å². The zero-order valence-corrected chi connectivity index (χ0v) is 11.2. The number of likely N-dealkylation sites (tertiary alicyclic amines) is 1. The number of amides is 1. The van der Waals surface area contributed by atoms with E-state index in [4.69, 9.17) is 0 Å². The summed E-state index contributed by atoms with van der Waals surface area (Å²) in [6.07, 6.45) is 6.89. The standard InChI is InChI=1S/C12H17N3O2S/c1-18-7-9-3-2-4-15(6-9)12(17)10-5-13-8-14-11(10)16/h5,8-9H,2-4,6-7H2,1H3,(H,13,14,16). The second-order valence-electron chi connectivity index (χ2n) is 4.51. The van der Waals surface area contributed by atoms with Gasteiger partial charge in [-0.1, -0.05) is 0 Å². The maximum absolute atomic E-state index is 12.2. The van der Waals surface area contributed by atoms with E-state index in [-0.39, 0.29) is 17.0 Å². The van der Waals surface area contributed by atoms with Crippen LogP contribution in [0.1, 0.15) is 23.2 Å². The largest absolute Gasteiger partial charge is 0.338 e. The lowest BCUT2D eigenvalue weighted by Crippen LogP contribution is -2.42. The minimum atomic E-state index is -0.359. The van der Waals surface area contributed by atoms with Gasteiger partial charge in [-0.2, -0.15) is 11.8 Å². The third-order valence-corrected chi connectivity index (χ3v) is 3.96. The number of carbonyl (C=O) groups is 1. The topological polar surface area (TPSA) is 66.1 Å². The van der Waals surface area contributed by atoms with Crippen LogP contribution in [0.5, 0.6) is 0 Å². The van der Waals surface area contributed by atoms with Crippen LogP contribution in [-0.2, 0) is 0 Å². The van der Waals surface area contributed by atoms with Crippen molar-refractivity contribution in [1.29, 1.82) is 0 Å². The number of nitrogens with one attached hydrogen (secondary N) is 1. The summed E-state index contributed by atoms with van der Waals surface area (Å²) in [4.78, 5) is 31.8. The molecule has 1 saturated heterocycles. The highest BCUT2D eigenvalue weighted by Gasteiger charge is 2.25. The highest BCUT2D eigenvalue weighted by Crippen LogP contribution is 2.20. The summed E-state index contributed by atoms with van der Waals surface area (Å²) in [5.41, 5.74) is -0.218. The van der Waals surface area contributed by atoms with Gasteiger partial charge in [0.2, 0.25) is 0 Å². The zero-order chi connectivity index (χ0) is 13.0. The van der Waals surface area contributed by atoms with Gasteiger partial charge in [-0.05, 0) is 30.8 Å². The van der Waals surface area contributed by atoms with Crippen LogP contribution in [0.3, 0.4) is 0 Å². The molecule has 1 aliphatic rings. The monoisotopic (exact) mass is 267 g/mol. The maximum atomic E-state index is 12.2. The molecule has 1 atom stereocenters. The predicted molar refractivity (Wildman–Crippen MR) is 71.9 cm³/mol. The number of carbonyl (C=O) groups excluding carboxylic acids is 1. The van der Waals surface area contributed by atoms with Crippen LogP contribution in [0.25, 0.3) is 0 Å². The Morgan fingerprint density at radius 2 is 2.50 bits per heavy atom. The molecule has 0 radical (unpaired) electrons. The van der Waals surface area contributed by atoms with E-state index in [0.717, 1.165) is 31.7 Å². The number of aromatic amines is 1. The molecule has 1 amide bonds. The Labute approximate surface area is 110 Å². The van der Waals surface area contributed by atoms with E-state index < -0.39 is 0 Å². The summed E-state index contributed by atoms with van der Waals surface area (Å²) in [6.45, 7) is 1.48. The molecule has 0 spiro atoms. The minimum absolute atomic E-state index is 0.141. The van der Waals surface area contributed by atoms with Gasteiger partial charge in [0.25, 0.3) is 11.5 Å². The molecular formula is C12H17N3O2S. The van der Waals surface area contributed by atoms with E-state index in [9.17, 15) is 9.59 Å². The lowest BCUT2D eigenvalue weighted by atomic mass is 9.99. The van der Waals surface area contributed by atoms with Crippen molar-refractivity contribution in [2.75, 3.05) is 25.1 Å². The Bertz CT molecular complexity index is 472. The Hall–Kier alpha value is -1.30. The van der Waals surface area contributed by atoms with Crippen LogP contribution in [0.15, 0.2) is 17.3 Å². The van der Waals surface area contributed by atoms with Crippen LogP contribution < -0.4 is 5.56 Å². The molecule has 1 aliphatic heterocycles. The van der Waals surface area contributed by atoms with Gasteiger partial charge in [-0.25, -0.2) is 4.98 Å². The van der Waals surface area contributed by atoms with E-state index in [0.29, 0.717) is 5.92 Å². The number of hydrogen-bond acceptors (Lipinski definition) is 4. The summed E-state index contributed by atoms with van der Waals surface area (Å²) < 4.78 is 0. The lowest BCUT2D eigenvalue weighted by molar-refractivity contribution is 0.0683. The number of H-pyrrole nitrogens is 1. The van der Waals surface area contributed by atoms with Crippen LogP contribution >= 0.6 is 11.8 Å². The number of nitrogens with zero attached hydrogens (tertiary/aromatic N) is 2. The molecule has 98 valence electrons. The van der Waals surface area contributed by atoms with E-state index >= 15 is 0 Å². The Kier molecular flexibility index (Phi) is 4.41. The van der Waals surface area contributed by atoms with Gasteiger partial charge in [-0.3, -0.25) is 9.59 Å². The third kappa shape index (κ3) is 2.93. The lowest BCUT2D eigenvalue weighted by Gasteiger charge is -2.32. The molecular weight excluding hydrogens is 250 g/mol. The number of thioether (sulfide) groups is 1. The first-order chi connectivity index (χ1) is 8.72.